The van der Waals surface area contributed by atoms with Crippen LogP contribution in [0.2, 0.25) is 5.02 Å². The van der Waals surface area contributed by atoms with Crippen LogP contribution in [0.1, 0.15) is 38.8 Å². The normalized spacial score (nSPS) is 12.9. The standard InChI is InChI=1S/C14H19ClN2O/c1-10(17)12-8-11(15)4-5-13(12)18-7-6-14(2,3)9-16/h4-5,8,10H,6-7,17H2,1-3H3/t10-/m0/s1. The molecule has 0 unspecified atom stereocenters. The van der Waals surface area contributed by atoms with Crippen LogP contribution in [0.15, 0.2) is 18.2 Å². The first-order chi connectivity index (χ1) is 8.35. The summed E-state index contributed by atoms with van der Waals surface area (Å²) in [7, 11) is 0. The first-order valence-corrected chi connectivity index (χ1v) is 6.32. The summed E-state index contributed by atoms with van der Waals surface area (Å²) in [5.41, 5.74) is 6.39. The van der Waals surface area contributed by atoms with E-state index in [0.717, 1.165) is 11.3 Å². The van der Waals surface area contributed by atoms with E-state index in [-0.39, 0.29) is 11.5 Å². The number of benzene rings is 1. The molecule has 0 saturated heterocycles. The van der Waals surface area contributed by atoms with Crippen LogP contribution in [0.5, 0.6) is 5.75 Å². The summed E-state index contributed by atoms with van der Waals surface area (Å²) in [5.74, 6) is 0.739. The van der Waals surface area contributed by atoms with E-state index in [1.165, 1.54) is 0 Å². The molecule has 0 aliphatic rings. The molecule has 0 radical (unpaired) electrons. The Kier molecular flexibility index (Phi) is 5.01. The Balaban J connectivity index is 2.71. The maximum Gasteiger partial charge on any atom is 0.124 e. The zero-order valence-electron chi connectivity index (χ0n) is 11.0. The van der Waals surface area contributed by atoms with Crippen LogP contribution in [0.25, 0.3) is 0 Å². The topological polar surface area (TPSA) is 59.0 Å². The third-order valence-corrected chi connectivity index (χ3v) is 2.98. The molecule has 3 nitrogen and oxygen atoms in total. The lowest BCUT2D eigenvalue weighted by atomic mass is 9.92. The first-order valence-electron chi connectivity index (χ1n) is 5.95. The van der Waals surface area contributed by atoms with Crippen LogP contribution in [0.4, 0.5) is 0 Å². The average Bonchev–Trinajstić information content (AvgIpc) is 2.30. The van der Waals surface area contributed by atoms with Gasteiger partial charge in [-0.15, -0.1) is 0 Å². The van der Waals surface area contributed by atoms with Crippen molar-refractivity contribution in [2.45, 2.75) is 33.2 Å². The highest BCUT2D eigenvalue weighted by Gasteiger charge is 2.17. The van der Waals surface area contributed by atoms with Gasteiger partial charge in [-0.2, -0.15) is 5.26 Å². The summed E-state index contributed by atoms with van der Waals surface area (Å²) in [6.45, 7) is 6.16. The lowest BCUT2D eigenvalue weighted by molar-refractivity contribution is 0.261. The lowest BCUT2D eigenvalue weighted by Gasteiger charge is -2.18. The number of hydrogen-bond donors (Lipinski definition) is 1. The highest BCUT2D eigenvalue weighted by atomic mass is 35.5. The van der Waals surface area contributed by atoms with Gasteiger partial charge in [0.25, 0.3) is 0 Å². The van der Waals surface area contributed by atoms with Crippen molar-refractivity contribution in [3.63, 3.8) is 0 Å². The Labute approximate surface area is 114 Å². The number of halogens is 1. The van der Waals surface area contributed by atoms with E-state index in [9.17, 15) is 0 Å². The van der Waals surface area contributed by atoms with Crippen LogP contribution < -0.4 is 10.5 Å². The Bertz CT molecular complexity index is 450. The summed E-state index contributed by atoms with van der Waals surface area (Å²) in [6.07, 6.45) is 0.671. The predicted octanol–water partition coefficient (Wildman–Crippen LogP) is 3.68. The zero-order valence-corrected chi connectivity index (χ0v) is 11.8. The van der Waals surface area contributed by atoms with Crippen LogP contribution in [0, 0.1) is 16.7 Å². The summed E-state index contributed by atoms with van der Waals surface area (Å²) >= 11 is 5.94. The fraction of sp³-hybridized carbons (Fsp3) is 0.500. The molecule has 18 heavy (non-hydrogen) atoms. The molecule has 1 aromatic rings. The van der Waals surface area contributed by atoms with Crippen molar-refractivity contribution in [3.8, 4) is 11.8 Å². The van der Waals surface area contributed by atoms with E-state index in [2.05, 4.69) is 6.07 Å². The first kappa shape index (κ1) is 14.8. The van der Waals surface area contributed by atoms with Crippen LogP contribution in [0.3, 0.4) is 0 Å². The van der Waals surface area contributed by atoms with Crippen LogP contribution in [-0.4, -0.2) is 6.61 Å². The van der Waals surface area contributed by atoms with Crippen molar-refractivity contribution in [1.29, 1.82) is 5.26 Å². The van der Waals surface area contributed by atoms with Crippen molar-refractivity contribution >= 4 is 11.6 Å². The minimum absolute atomic E-state index is 0.136. The molecule has 0 heterocycles. The summed E-state index contributed by atoms with van der Waals surface area (Å²) in [4.78, 5) is 0. The van der Waals surface area contributed by atoms with Crippen LogP contribution in [-0.2, 0) is 0 Å². The molecule has 0 aliphatic heterocycles. The second-order valence-corrected chi connectivity index (χ2v) is 5.50. The number of rotatable bonds is 5. The number of nitriles is 1. The molecule has 98 valence electrons. The largest absolute Gasteiger partial charge is 0.493 e. The molecule has 2 N–H and O–H groups in total. The van der Waals surface area contributed by atoms with E-state index >= 15 is 0 Å². The number of nitrogens with zero attached hydrogens (tertiary/aromatic N) is 1. The minimum Gasteiger partial charge on any atom is -0.493 e. The molecule has 0 spiro atoms. The van der Waals surface area contributed by atoms with Gasteiger partial charge in [0, 0.05) is 16.6 Å². The molecule has 1 atom stereocenters. The fourth-order valence-electron chi connectivity index (χ4n) is 1.48. The summed E-state index contributed by atoms with van der Waals surface area (Å²) in [5, 5.41) is 9.57. The predicted molar refractivity (Wildman–Crippen MR) is 73.6 cm³/mol. The highest BCUT2D eigenvalue weighted by Crippen LogP contribution is 2.28. The van der Waals surface area contributed by atoms with Gasteiger partial charge in [-0.1, -0.05) is 11.6 Å². The average molecular weight is 267 g/mol. The highest BCUT2D eigenvalue weighted by molar-refractivity contribution is 6.30. The third-order valence-electron chi connectivity index (χ3n) is 2.75. The Morgan fingerprint density at radius 2 is 2.17 bits per heavy atom. The van der Waals surface area contributed by atoms with Crippen molar-refractivity contribution in [2.24, 2.45) is 11.1 Å². The fourth-order valence-corrected chi connectivity index (χ4v) is 1.66. The van der Waals surface area contributed by atoms with Gasteiger partial charge in [0.05, 0.1) is 18.1 Å². The Morgan fingerprint density at radius 3 is 2.72 bits per heavy atom. The number of ether oxygens (including phenoxy) is 1. The number of hydrogen-bond acceptors (Lipinski definition) is 3. The van der Waals surface area contributed by atoms with Crippen LogP contribution >= 0.6 is 11.6 Å². The zero-order chi connectivity index (χ0) is 13.8. The molecular formula is C14H19ClN2O. The van der Waals surface area contributed by atoms with E-state index in [0.29, 0.717) is 18.1 Å². The van der Waals surface area contributed by atoms with Crippen molar-refractivity contribution in [3.05, 3.63) is 28.8 Å². The van der Waals surface area contributed by atoms with Gasteiger partial charge in [0.1, 0.15) is 5.75 Å². The molecular weight excluding hydrogens is 248 g/mol. The summed E-state index contributed by atoms with van der Waals surface area (Å²) < 4.78 is 5.70. The quantitative estimate of drug-likeness (QED) is 0.884. The molecule has 0 aromatic heterocycles. The minimum atomic E-state index is -0.374. The molecule has 0 amide bonds. The lowest BCUT2D eigenvalue weighted by Crippen LogP contribution is -2.14. The van der Waals surface area contributed by atoms with E-state index in [1.54, 1.807) is 6.07 Å². The maximum absolute atomic E-state index is 8.93. The number of nitrogens with two attached hydrogens (primary N) is 1. The molecule has 0 saturated carbocycles. The van der Waals surface area contributed by atoms with Crippen molar-refractivity contribution in [1.82, 2.24) is 0 Å². The van der Waals surface area contributed by atoms with Gasteiger partial charge in [0.15, 0.2) is 0 Å². The Hall–Kier alpha value is -1.24. The Morgan fingerprint density at radius 1 is 1.50 bits per heavy atom. The summed E-state index contributed by atoms with van der Waals surface area (Å²) in [6, 6.07) is 7.52. The van der Waals surface area contributed by atoms with Gasteiger partial charge in [0.2, 0.25) is 0 Å². The van der Waals surface area contributed by atoms with Crippen molar-refractivity contribution < 1.29 is 4.74 Å². The maximum atomic E-state index is 8.93. The van der Waals surface area contributed by atoms with E-state index in [4.69, 9.17) is 27.3 Å². The monoisotopic (exact) mass is 266 g/mol. The second-order valence-electron chi connectivity index (χ2n) is 5.06. The third kappa shape index (κ3) is 4.21. The molecule has 4 heteroatoms. The molecule has 0 bridgehead atoms. The van der Waals surface area contributed by atoms with Gasteiger partial charge < -0.3 is 10.5 Å². The smallest absolute Gasteiger partial charge is 0.124 e. The van der Waals surface area contributed by atoms with E-state index in [1.807, 2.05) is 32.9 Å². The second kappa shape index (κ2) is 6.08. The van der Waals surface area contributed by atoms with Gasteiger partial charge in [-0.25, -0.2) is 0 Å². The SMILES string of the molecule is C[C@H](N)c1cc(Cl)ccc1OCCC(C)(C)C#N. The van der Waals surface area contributed by atoms with E-state index < -0.39 is 0 Å². The molecule has 0 aliphatic carbocycles. The van der Waals surface area contributed by atoms with Gasteiger partial charge >= 0.3 is 0 Å². The van der Waals surface area contributed by atoms with Gasteiger partial charge in [-0.05, 0) is 45.4 Å². The molecule has 1 aromatic carbocycles. The van der Waals surface area contributed by atoms with Crippen molar-refractivity contribution in [2.75, 3.05) is 6.61 Å². The molecule has 1 rings (SSSR count). The molecule has 0 fully saturated rings. The van der Waals surface area contributed by atoms with Gasteiger partial charge in [-0.3, -0.25) is 0 Å².